The molecule has 1 N–H and O–H groups in total. The summed E-state index contributed by atoms with van der Waals surface area (Å²) in [6.45, 7) is 0.672. The number of ether oxygens (including phenoxy) is 1. The zero-order valence-electron chi connectivity index (χ0n) is 21.1. The summed E-state index contributed by atoms with van der Waals surface area (Å²) in [7, 11) is 0. The second-order valence-corrected chi connectivity index (χ2v) is 11.2. The van der Waals surface area contributed by atoms with Gasteiger partial charge in [-0.25, -0.2) is 9.78 Å². The zero-order valence-corrected chi connectivity index (χ0v) is 21.8. The number of fused-ring (bicyclic) bond motifs is 3. The van der Waals surface area contributed by atoms with Crippen molar-refractivity contribution in [3.63, 3.8) is 0 Å². The summed E-state index contributed by atoms with van der Waals surface area (Å²) in [5.74, 6) is 3.57. The van der Waals surface area contributed by atoms with Crippen molar-refractivity contribution in [2.45, 2.75) is 44.1 Å². The third-order valence-corrected chi connectivity index (χ3v) is 8.36. The SMILES string of the molecule is O=c1[nH]c(/C=C2/Oc3ccccc3C(C3CC3)c3ccc(Cn4c(C5CC5)nc5c(Cl)cccc54)cc32)no1. The van der Waals surface area contributed by atoms with Gasteiger partial charge in [0, 0.05) is 35.6 Å². The molecule has 0 bridgehead atoms. The molecule has 3 aliphatic rings. The van der Waals surface area contributed by atoms with Crippen molar-refractivity contribution in [2.75, 3.05) is 0 Å². The Kier molecular flexibility index (Phi) is 5.10. The highest BCUT2D eigenvalue weighted by Gasteiger charge is 2.39. The van der Waals surface area contributed by atoms with Gasteiger partial charge in [-0.1, -0.05) is 53.2 Å². The van der Waals surface area contributed by atoms with E-state index in [9.17, 15) is 4.79 Å². The van der Waals surface area contributed by atoms with Crippen LogP contribution >= 0.6 is 11.6 Å². The highest BCUT2D eigenvalue weighted by atomic mass is 35.5. The first kappa shape index (κ1) is 22.8. The van der Waals surface area contributed by atoms with Gasteiger partial charge in [-0.3, -0.25) is 9.51 Å². The number of para-hydroxylation sites is 2. The maximum absolute atomic E-state index is 11.7. The summed E-state index contributed by atoms with van der Waals surface area (Å²) >= 11 is 6.54. The lowest BCUT2D eigenvalue weighted by Gasteiger charge is -2.19. The molecule has 0 amide bonds. The molecule has 2 aromatic heterocycles. The number of rotatable bonds is 5. The minimum atomic E-state index is -0.598. The van der Waals surface area contributed by atoms with Crippen LogP contribution in [0.3, 0.4) is 0 Å². The van der Waals surface area contributed by atoms with E-state index in [1.165, 1.54) is 24.0 Å². The standard InChI is InChI=1S/C31H25ClN4O3/c32-23-5-3-6-24-29(23)34-30(19-11-12-19)36(24)16-17-8-13-20-22(14-17)26(15-27-33-31(37)39-35-27)38-25-7-2-1-4-21(25)28(20)18-9-10-18/h1-8,13-15,18-19,28H,9-12,16H2,(H,33,35,37)/b26-15+. The maximum Gasteiger partial charge on any atom is 0.439 e. The van der Waals surface area contributed by atoms with Gasteiger partial charge in [0.15, 0.2) is 5.82 Å². The molecule has 1 aliphatic heterocycles. The number of halogens is 1. The molecule has 3 heterocycles. The summed E-state index contributed by atoms with van der Waals surface area (Å²) in [5.41, 5.74) is 6.47. The molecular weight excluding hydrogens is 512 g/mol. The van der Waals surface area contributed by atoms with E-state index in [0.717, 1.165) is 46.6 Å². The Hall–Kier alpha value is -4.10. The summed E-state index contributed by atoms with van der Waals surface area (Å²) < 4.78 is 13.7. The summed E-state index contributed by atoms with van der Waals surface area (Å²) in [5, 5.41) is 4.56. The van der Waals surface area contributed by atoms with Crippen LogP contribution in [0, 0.1) is 5.92 Å². The molecule has 3 aromatic carbocycles. The van der Waals surface area contributed by atoms with Crippen molar-refractivity contribution in [1.29, 1.82) is 0 Å². The largest absolute Gasteiger partial charge is 0.456 e. The van der Waals surface area contributed by atoms with Crippen molar-refractivity contribution in [2.24, 2.45) is 5.92 Å². The fourth-order valence-corrected chi connectivity index (χ4v) is 6.17. The van der Waals surface area contributed by atoms with E-state index in [1.54, 1.807) is 6.08 Å². The third-order valence-electron chi connectivity index (χ3n) is 8.05. The van der Waals surface area contributed by atoms with Gasteiger partial charge in [0.1, 0.15) is 22.8 Å². The van der Waals surface area contributed by atoms with Crippen LogP contribution in [-0.2, 0) is 6.54 Å². The number of nitrogens with one attached hydrogen (secondary N) is 1. The Bertz CT molecular complexity index is 1840. The Labute approximate surface area is 229 Å². The lowest BCUT2D eigenvalue weighted by Crippen LogP contribution is -2.08. The van der Waals surface area contributed by atoms with Gasteiger partial charge in [0.25, 0.3) is 0 Å². The Morgan fingerprint density at radius 1 is 1.03 bits per heavy atom. The second-order valence-electron chi connectivity index (χ2n) is 10.8. The molecule has 2 aliphatic carbocycles. The Balaban J connectivity index is 1.29. The number of aromatic amines is 1. The molecule has 1 unspecified atom stereocenters. The van der Waals surface area contributed by atoms with Crippen molar-refractivity contribution in [1.82, 2.24) is 19.7 Å². The number of benzene rings is 3. The van der Waals surface area contributed by atoms with Crippen LogP contribution in [0.5, 0.6) is 5.75 Å². The quantitative estimate of drug-likeness (QED) is 0.269. The van der Waals surface area contributed by atoms with E-state index < -0.39 is 5.76 Å². The van der Waals surface area contributed by atoms with Gasteiger partial charge in [-0.2, -0.15) is 0 Å². The van der Waals surface area contributed by atoms with Crippen molar-refractivity contribution in [3.8, 4) is 5.75 Å². The van der Waals surface area contributed by atoms with Crippen LogP contribution in [0.2, 0.25) is 5.02 Å². The van der Waals surface area contributed by atoms with Gasteiger partial charge in [-0.05, 0) is 67.0 Å². The van der Waals surface area contributed by atoms with Crippen LogP contribution in [0.25, 0.3) is 22.9 Å². The second kappa shape index (κ2) is 8.71. The lowest BCUT2D eigenvalue weighted by molar-refractivity contribution is 0.385. The molecule has 0 radical (unpaired) electrons. The van der Waals surface area contributed by atoms with Crippen LogP contribution in [-0.4, -0.2) is 19.7 Å². The monoisotopic (exact) mass is 536 g/mol. The number of H-pyrrole nitrogens is 1. The van der Waals surface area contributed by atoms with Gasteiger partial charge >= 0.3 is 5.76 Å². The van der Waals surface area contributed by atoms with Crippen LogP contribution < -0.4 is 10.5 Å². The smallest absolute Gasteiger partial charge is 0.439 e. The fourth-order valence-electron chi connectivity index (χ4n) is 5.96. The number of aromatic nitrogens is 4. The Morgan fingerprint density at radius 3 is 2.69 bits per heavy atom. The summed E-state index contributed by atoms with van der Waals surface area (Å²) in [6, 6.07) is 20.9. The van der Waals surface area contributed by atoms with Crippen molar-refractivity contribution < 1.29 is 9.26 Å². The molecule has 8 rings (SSSR count). The Morgan fingerprint density at radius 2 is 1.90 bits per heavy atom. The summed E-state index contributed by atoms with van der Waals surface area (Å²) in [6.07, 6.45) is 6.46. The average Bonchev–Trinajstić information content (AvgIpc) is 3.87. The predicted molar refractivity (Wildman–Crippen MR) is 149 cm³/mol. The average molecular weight is 537 g/mol. The van der Waals surface area contributed by atoms with Gasteiger partial charge in [0.2, 0.25) is 0 Å². The van der Waals surface area contributed by atoms with Crippen LogP contribution in [0.15, 0.2) is 70.0 Å². The number of nitrogens with zero attached hydrogens (tertiary/aromatic N) is 3. The number of hydrogen-bond acceptors (Lipinski definition) is 5. The predicted octanol–water partition coefficient (Wildman–Crippen LogP) is 6.72. The van der Waals surface area contributed by atoms with E-state index in [1.807, 2.05) is 24.3 Å². The molecule has 5 aromatic rings. The van der Waals surface area contributed by atoms with Crippen molar-refractivity contribution in [3.05, 3.63) is 110 Å². The normalized spacial score (nSPS) is 19.5. The molecule has 2 fully saturated rings. The first-order valence-corrected chi connectivity index (χ1v) is 13.8. The molecule has 194 valence electrons. The molecule has 8 heteroatoms. The molecule has 1 atom stereocenters. The molecule has 2 saturated carbocycles. The van der Waals surface area contributed by atoms with E-state index in [4.69, 9.17) is 25.8 Å². The topological polar surface area (TPSA) is 85.9 Å². The van der Waals surface area contributed by atoms with Gasteiger partial charge in [-0.15, -0.1) is 0 Å². The highest BCUT2D eigenvalue weighted by Crippen LogP contribution is 2.52. The van der Waals surface area contributed by atoms with Crippen molar-refractivity contribution >= 4 is 34.5 Å². The van der Waals surface area contributed by atoms with Gasteiger partial charge < -0.3 is 9.30 Å². The first-order chi connectivity index (χ1) is 19.1. The third kappa shape index (κ3) is 4.00. The molecule has 39 heavy (non-hydrogen) atoms. The minimum absolute atomic E-state index is 0.238. The summed E-state index contributed by atoms with van der Waals surface area (Å²) in [4.78, 5) is 19.3. The van der Waals surface area contributed by atoms with E-state index in [-0.39, 0.29) is 5.92 Å². The number of imidazole rings is 1. The van der Waals surface area contributed by atoms with E-state index in [0.29, 0.717) is 35.0 Å². The highest BCUT2D eigenvalue weighted by molar-refractivity contribution is 6.34. The molecular formula is C31H25ClN4O3. The molecule has 0 spiro atoms. The van der Waals surface area contributed by atoms with E-state index in [2.05, 4.69) is 51.1 Å². The number of hydrogen-bond donors (Lipinski definition) is 1. The fraction of sp³-hybridized carbons (Fsp3) is 0.258. The van der Waals surface area contributed by atoms with Crippen LogP contribution in [0.4, 0.5) is 0 Å². The lowest BCUT2D eigenvalue weighted by atomic mass is 9.83. The molecule has 7 nitrogen and oxygen atoms in total. The maximum atomic E-state index is 11.7. The van der Waals surface area contributed by atoms with Crippen LogP contribution in [0.1, 0.15) is 71.4 Å². The first-order valence-electron chi connectivity index (χ1n) is 13.4. The van der Waals surface area contributed by atoms with E-state index >= 15 is 0 Å². The minimum Gasteiger partial charge on any atom is -0.456 e. The zero-order chi connectivity index (χ0) is 26.1. The van der Waals surface area contributed by atoms with Gasteiger partial charge in [0.05, 0.1) is 10.5 Å². The molecule has 0 saturated heterocycles.